The Morgan fingerprint density at radius 1 is 1.04 bits per heavy atom. The zero-order chi connectivity index (χ0) is 19.4. The monoisotopic (exact) mass is 372 g/mol. The molecule has 1 aliphatic heterocycles. The highest BCUT2D eigenvalue weighted by atomic mass is 16.4. The van der Waals surface area contributed by atoms with Crippen LogP contribution in [0.3, 0.4) is 0 Å². The van der Waals surface area contributed by atoms with Crippen LogP contribution in [0.4, 0.5) is 4.79 Å². The van der Waals surface area contributed by atoms with E-state index in [4.69, 9.17) is 16.2 Å². The fraction of sp³-hybridized carbons (Fsp3) is 0.550. The van der Waals surface area contributed by atoms with Crippen molar-refractivity contribution < 1.29 is 14.7 Å². The number of rotatable bonds is 4. The van der Waals surface area contributed by atoms with E-state index >= 15 is 0 Å². The molecule has 1 heterocycles. The highest BCUT2D eigenvalue weighted by Gasteiger charge is 2.29. The molecule has 2 amide bonds. The van der Waals surface area contributed by atoms with Crippen molar-refractivity contribution in [3.05, 3.63) is 35.4 Å². The number of benzene rings is 1. The van der Waals surface area contributed by atoms with E-state index in [1.807, 2.05) is 29.2 Å². The van der Waals surface area contributed by atoms with Crippen LogP contribution in [-0.2, 0) is 4.79 Å². The Balaban J connectivity index is 1.45. The molecule has 1 aromatic carbocycles. The lowest BCUT2D eigenvalue weighted by Gasteiger charge is -2.34. The second kappa shape index (κ2) is 8.41. The molecule has 0 spiro atoms. The van der Waals surface area contributed by atoms with Gasteiger partial charge in [-0.05, 0) is 50.0 Å². The average molecular weight is 372 g/mol. The number of hydrogen-bond acceptors (Lipinski definition) is 3. The Kier molecular flexibility index (Phi) is 5.98. The maximum Gasteiger partial charge on any atom is 0.317 e. The van der Waals surface area contributed by atoms with Crippen LogP contribution >= 0.6 is 0 Å². The van der Waals surface area contributed by atoms with Gasteiger partial charge in [0.1, 0.15) is 5.84 Å². The third-order valence-corrected chi connectivity index (χ3v) is 5.88. The fourth-order valence-electron chi connectivity index (χ4n) is 4.10. The van der Waals surface area contributed by atoms with Gasteiger partial charge in [-0.3, -0.25) is 10.2 Å². The van der Waals surface area contributed by atoms with Crippen LogP contribution in [0.25, 0.3) is 0 Å². The van der Waals surface area contributed by atoms with Gasteiger partial charge in [-0.15, -0.1) is 0 Å². The number of piperidine rings is 1. The summed E-state index contributed by atoms with van der Waals surface area (Å²) < 4.78 is 0. The van der Waals surface area contributed by atoms with Gasteiger partial charge >= 0.3 is 12.0 Å². The quantitative estimate of drug-likeness (QED) is 0.479. The van der Waals surface area contributed by atoms with Crippen LogP contribution in [0.5, 0.6) is 0 Å². The van der Waals surface area contributed by atoms with Gasteiger partial charge in [0, 0.05) is 24.7 Å². The van der Waals surface area contributed by atoms with Gasteiger partial charge in [0.15, 0.2) is 0 Å². The number of urea groups is 1. The fourth-order valence-corrected chi connectivity index (χ4v) is 4.10. The van der Waals surface area contributed by atoms with Crippen molar-refractivity contribution in [3.8, 4) is 0 Å². The molecule has 146 valence electrons. The maximum absolute atomic E-state index is 12.5. The van der Waals surface area contributed by atoms with Gasteiger partial charge in [0.05, 0.1) is 5.92 Å². The van der Waals surface area contributed by atoms with Crippen molar-refractivity contribution in [3.63, 3.8) is 0 Å². The third-order valence-electron chi connectivity index (χ3n) is 5.88. The molecular formula is C20H28N4O3. The first-order valence-corrected chi connectivity index (χ1v) is 9.66. The summed E-state index contributed by atoms with van der Waals surface area (Å²) in [7, 11) is 0. The number of nitrogens with zero attached hydrogens (tertiary/aromatic N) is 1. The SMILES string of the molecule is N=C(N)c1ccc(C2CCN(C(=O)NC3CCC(C(=O)O)CC3)CC2)cc1. The predicted molar refractivity (Wildman–Crippen MR) is 103 cm³/mol. The van der Waals surface area contributed by atoms with E-state index in [2.05, 4.69) is 5.32 Å². The first kappa shape index (κ1) is 19.2. The first-order valence-electron chi connectivity index (χ1n) is 9.66. The second-order valence-corrected chi connectivity index (χ2v) is 7.63. The Bertz CT molecular complexity index is 688. The van der Waals surface area contributed by atoms with Gasteiger partial charge in [-0.25, -0.2) is 4.79 Å². The van der Waals surface area contributed by atoms with Crippen LogP contribution in [0.15, 0.2) is 24.3 Å². The maximum atomic E-state index is 12.5. The first-order chi connectivity index (χ1) is 12.9. The smallest absolute Gasteiger partial charge is 0.317 e. The van der Waals surface area contributed by atoms with Gasteiger partial charge in [-0.2, -0.15) is 0 Å². The summed E-state index contributed by atoms with van der Waals surface area (Å²) in [6.07, 6.45) is 4.58. The van der Waals surface area contributed by atoms with Gasteiger partial charge in [-0.1, -0.05) is 24.3 Å². The number of amides is 2. The molecule has 0 atom stereocenters. The lowest BCUT2D eigenvalue weighted by atomic mass is 9.86. The number of aliphatic carboxylic acids is 1. The summed E-state index contributed by atoms with van der Waals surface area (Å²) in [5.74, 6) is -0.493. The number of nitrogen functional groups attached to an aromatic ring is 1. The number of hydrogen-bond donors (Lipinski definition) is 4. The zero-order valence-corrected chi connectivity index (χ0v) is 15.5. The molecule has 7 heteroatoms. The number of amidine groups is 1. The van der Waals surface area contributed by atoms with Crippen molar-refractivity contribution in [2.24, 2.45) is 11.7 Å². The molecule has 2 fully saturated rings. The average Bonchev–Trinajstić information content (AvgIpc) is 2.68. The number of carbonyl (C=O) groups excluding carboxylic acids is 1. The molecule has 0 radical (unpaired) electrons. The van der Waals surface area contributed by atoms with Crippen LogP contribution in [0.2, 0.25) is 0 Å². The minimum absolute atomic E-state index is 0.0286. The normalized spacial score (nSPS) is 23.6. The summed E-state index contributed by atoms with van der Waals surface area (Å²) >= 11 is 0. The lowest BCUT2D eigenvalue weighted by molar-refractivity contribution is -0.142. The molecule has 7 nitrogen and oxygen atoms in total. The number of likely N-dealkylation sites (tertiary alicyclic amines) is 1. The van der Waals surface area contributed by atoms with E-state index < -0.39 is 5.97 Å². The Morgan fingerprint density at radius 3 is 2.15 bits per heavy atom. The highest BCUT2D eigenvalue weighted by Crippen LogP contribution is 2.29. The van der Waals surface area contributed by atoms with Crippen molar-refractivity contribution >= 4 is 17.8 Å². The third kappa shape index (κ3) is 4.78. The van der Waals surface area contributed by atoms with E-state index in [1.165, 1.54) is 5.56 Å². The van der Waals surface area contributed by atoms with Crippen LogP contribution in [0, 0.1) is 11.3 Å². The molecule has 27 heavy (non-hydrogen) atoms. The Labute approximate surface area is 159 Å². The summed E-state index contributed by atoms with van der Waals surface area (Å²) in [6, 6.07) is 7.87. The largest absolute Gasteiger partial charge is 0.481 e. The van der Waals surface area contributed by atoms with E-state index in [-0.39, 0.29) is 23.8 Å². The van der Waals surface area contributed by atoms with E-state index in [9.17, 15) is 9.59 Å². The number of carbonyl (C=O) groups is 2. The lowest BCUT2D eigenvalue weighted by Crippen LogP contribution is -2.48. The summed E-state index contributed by atoms with van der Waals surface area (Å²) in [4.78, 5) is 25.4. The van der Waals surface area contributed by atoms with E-state index in [1.54, 1.807) is 0 Å². The molecular weight excluding hydrogens is 344 g/mol. The molecule has 3 rings (SSSR count). The highest BCUT2D eigenvalue weighted by molar-refractivity contribution is 5.94. The molecule has 5 N–H and O–H groups in total. The zero-order valence-electron chi connectivity index (χ0n) is 15.5. The second-order valence-electron chi connectivity index (χ2n) is 7.63. The molecule has 2 aliphatic rings. The Hall–Kier alpha value is -2.57. The topological polar surface area (TPSA) is 120 Å². The summed E-state index contributed by atoms with van der Waals surface area (Å²) in [5.41, 5.74) is 7.45. The molecule has 1 aromatic rings. The number of carboxylic acid groups (broad SMARTS) is 1. The minimum atomic E-state index is -0.724. The van der Waals surface area contributed by atoms with Crippen molar-refractivity contribution in [2.75, 3.05) is 13.1 Å². The summed E-state index contributed by atoms with van der Waals surface area (Å²) in [6.45, 7) is 1.44. The Morgan fingerprint density at radius 2 is 1.63 bits per heavy atom. The van der Waals surface area contributed by atoms with E-state index in [0.29, 0.717) is 18.8 Å². The number of nitrogens with two attached hydrogens (primary N) is 1. The van der Waals surface area contributed by atoms with Crippen molar-refractivity contribution in [2.45, 2.75) is 50.5 Å². The predicted octanol–water partition coefficient (Wildman–Crippen LogP) is 2.50. The minimum Gasteiger partial charge on any atom is -0.481 e. The molecule has 1 saturated heterocycles. The molecule has 0 unspecified atom stereocenters. The standard InChI is InChI=1S/C20H28N4O3/c21-18(22)15-3-1-13(2-4-15)14-9-11-24(12-10-14)20(27)23-17-7-5-16(6-8-17)19(25)26/h1-4,14,16-17H,5-12H2,(H3,21,22)(H,23,27)(H,25,26). The molecule has 1 aliphatic carbocycles. The van der Waals surface area contributed by atoms with Crippen molar-refractivity contribution in [1.82, 2.24) is 10.2 Å². The summed E-state index contributed by atoms with van der Waals surface area (Å²) in [5, 5.41) is 19.6. The van der Waals surface area contributed by atoms with Crippen LogP contribution < -0.4 is 11.1 Å². The van der Waals surface area contributed by atoms with E-state index in [0.717, 1.165) is 44.3 Å². The van der Waals surface area contributed by atoms with Gasteiger partial charge in [0.25, 0.3) is 0 Å². The van der Waals surface area contributed by atoms with Gasteiger partial charge in [0.2, 0.25) is 0 Å². The molecule has 1 saturated carbocycles. The molecule has 0 aromatic heterocycles. The number of nitrogens with one attached hydrogen (secondary N) is 2. The number of carboxylic acids is 1. The van der Waals surface area contributed by atoms with Crippen molar-refractivity contribution in [1.29, 1.82) is 5.41 Å². The van der Waals surface area contributed by atoms with Crippen LogP contribution in [-0.4, -0.2) is 47.0 Å². The van der Waals surface area contributed by atoms with Gasteiger partial charge < -0.3 is 21.1 Å². The molecule has 0 bridgehead atoms. The van der Waals surface area contributed by atoms with Crippen LogP contribution in [0.1, 0.15) is 55.6 Å².